The van der Waals surface area contributed by atoms with Crippen molar-refractivity contribution in [3.63, 3.8) is 0 Å². The lowest BCUT2D eigenvalue weighted by atomic mass is 10.0. The summed E-state index contributed by atoms with van der Waals surface area (Å²) in [6.45, 7) is 4.57. The number of aliphatic hydroxyl groups excluding tert-OH is 1. The minimum absolute atomic E-state index is 0.134. The highest BCUT2D eigenvalue weighted by Crippen LogP contribution is 2.35. The van der Waals surface area contributed by atoms with Gasteiger partial charge in [0.1, 0.15) is 0 Å². The Morgan fingerprint density at radius 3 is 2.84 bits per heavy atom. The van der Waals surface area contributed by atoms with E-state index in [9.17, 15) is 10.2 Å². The Kier molecular flexibility index (Phi) is 4.71. The van der Waals surface area contributed by atoms with E-state index in [-0.39, 0.29) is 11.9 Å². The zero-order valence-corrected chi connectivity index (χ0v) is 12.9. The predicted molar refractivity (Wildman–Crippen MR) is 77.4 cm³/mol. The summed E-state index contributed by atoms with van der Waals surface area (Å²) in [7, 11) is 1.55. The van der Waals surface area contributed by atoms with Gasteiger partial charge >= 0.3 is 0 Å². The Morgan fingerprint density at radius 1 is 1.53 bits per heavy atom. The lowest BCUT2D eigenvalue weighted by Gasteiger charge is -2.18. The molecule has 1 aromatic carbocycles. The van der Waals surface area contributed by atoms with E-state index in [2.05, 4.69) is 20.8 Å². The molecule has 2 unspecified atom stereocenters. The summed E-state index contributed by atoms with van der Waals surface area (Å²) in [5.74, 6) is 0.979. The number of phenolic OH excluding ortho intramolecular Hbond substituents is 1. The van der Waals surface area contributed by atoms with Crippen molar-refractivity contribution in [1.29, 1.82) is 0 Å². The molecule has 1 heterocycles. The molecule has 1 saturated heterocycles. The molecular formula is C14H20BrNO3. The van der Waals surface area contributed by atoms with Crippen molar-refractivity contribution < 1.29 is 14.9 Å². The molecule has 1 aromatic rings. The third-order valence-electron chi connectivity index (χ3n) is 3.71. The number of halogens is 1. The number of methoxy groups -OCH3 is 1. The van der Waals surface area contributed by atoms with Crippen LogP contribution < -0.4 is 4.74 Å². The fourth-order valence-electron chi connectivity index (χ4n) is 2.53. The molecule has 2 atom stereocenters. The van der Waals surface area contributed by atoms with E-state index in [0.717, 1.165) is 31.6 Å². The minimum atomic E-state index is -0.244. The number of nitrogens with zero attached hydrogens (tertiary/aromatic N) is 1. The van der Waals surface area contributed by atoms with Crippen molar-refractivity contribution in [2.75, 3.05) is 20.2 Å². The number of ether oxygens (including phenoxy) is 1. The number of rotatable bonds is 4. The highest BCUT2D eigenvalue weighted by Gasteiger charge is 2.26. The second-order valence-corrected chi connectivity index (χ2v) is 6.01. The Bertz CT molecular complexity index is 451. The Labute approximate surface area is 122 Å². The van der Waals surface area contributed by atoms with Crippen molar-refractivity contribution in [2.24, 2.45) is 5.92 Å². The number of aromatic hydroxyl groups is 1. The van der Waals surface area contributed by atoms with Crippen LogP contribution in [0, 0.1) is 5.92 Å². The highest BCUT2D eigenvalue weighted by atomic mass is 79.9. The van der Waals surface area contributed by atoms with Crippen molar-refractivity contribution in [2.45, 2.75) is 26.0 Å². The van der Waals surface area contributed by atoms with E-state index in [1.165, 1.54) is 0 Å². The Balaban J connectivity index is 2.06. The quantitative estimate of drug-likeness (QED) is 0.890. The van der Waals surface area contributed by atoms with Gasteiger partial charge in [-0.1, -0.05) is 0 Å². The maximum Gasteiger partial charge on any atom is 0.172 e. The molecule has 1 aliphatic heterocycles. The average molecular weight is 330 g/mol. The minimum Gasteiger partial charge on any atom is -0.503 e. The first kappa shape index (κ1) is 14.6. The fraction of sp³-hybridized carbons (Fsp3) is 0.571. The van der Waals surface area contributed by atoms with E-state index in [0.29, 0.717) is 16.1 Å². The van der Waals surface area contributed by atoms with Gasteiger partial charge < -0.3 is 14.9 Å². The number of phenols is 1. The molecule has 0 radical (unpaired) electrons. The first-order valence-electron chi connectivity index (χ1n) is 6.47. The molecule has 1 aliphatic rings. The molecule has 0 aromatic heterocycles. The fourth-order valence-corrected chi connectivity index (χ4v) is 3.02. The van der Waals surface area contributed by atoms with E-state index >= 15 is 0 Å². The van der Waals surface area contributed by atoms with Crippen molar-refractivity contribution in [1.82, 2.24) is 4.90 Å². The molecule has 19 heavy (non-hydrogen) atoms. The van der Waals surface area contributed by atoms with E-state index in [4.69, 9.17) is 4.74 Å². The molecule has 0 spiro atoms. The Morgan fingerprint density at radius 2 is 2.26 bits per heavy atom. The van der Waals surface area contributed by atoms with Gasteiger partial charge in [-0.15, -0.1) is 0 Å². The van der Waals surface area contributed by atoms with Crippen LogP contribution in [0.1, 0.15) is 18.9 Å². The molecular weight excluding hydrogens is 310 g/mol. The largest absolute Gasteiger partial charge is 0.503 e. The molecule has 4 nitrogen and oxygen atoms in total. The first-order chi connectivity index (χ1) is 9.01. The third-order valence-corrected chi connectivity index (χ3v) is 4.31. The first-order valence-corrected chi connectivity index (χ1v) is 7.26. The average Bonchev–Trinajstić information content (AvgIpc) is 2.82. The number of hydrogen-bond acceptors (Lipinski definition) is 4. The molecule has 106 valence electrons. The maximum atomic E-state index is 9.78. The van der Waals surface area contributed by atoms with Crippen molar-refractivity contribution in [3.05, 3.63) is 22.2 Å². The van der Waals surface area contributed by atoms with Crippen LogP contribution in [0.2, 0.25) is 0 Å². The monoisotopic (exact) mass is 329 g/mol. The van der Waals surface area contributed by atoms with E-state index < -0.39 is 0 Å². The van der Waals surface area contributed by atoms with Gasteiger partial charge in [-0.3, -0.25) is 4.90 Å². The SMILES string of the molecule is COc1cc(CN2CCC(C(C)O)C2)cc(Br)c1O. The lowest BCUT2D eigenvalue weighted by molar-refractivity contribution is 0.127. The second-order valence-electron chi connectivity index (χ2n) is 5.15. The van der Waals surface area contributed by atoms with Crippen LogP contribution in [-0.2, 0) is 6.54 Å². The predicted octanol–water partition coefficient (Wildman–Crippen LogP) is 2.37. The van der Waals surface area contributed by atoms with Crippen LogP contribution in [0.3, 0.4) is 0 Å². The smallest absolute Gasteiger partial charge is 0.172 e. The summed E-state index contributed by atoms with van der Waals surface area (Å²) >= 11 is 3.33. The van der Waals surface area contributed by atoms with Crippen LogP contribution in [0.15, 0.2) is 16.6 Å². The molecule has 2 N–H and O–H groups in total. The van der Waals surface area contributed by atoms with E-state index in [1.54, 1.807) is 7.11 Å². The highest BCUT2D eigenvalue weighted by molar-refractivity contribution is 9.10. The summed E-state index contributed by atoms with van der Waals surface area (Å²) in [6.07, 6.45) is 0.791. The lowest BCUT2D eigenvalue weighted by Crippen LogP contribution is -2.23. The van der Waals surface area contributed by atoms with Gasteiger partial charge in [0.15, 0.2) is 11.5 Å². The Hall–Kier alpha value is -0.780. The molecule has 0 aliphatic carbocycles. The van der Waals surface area contributed by atoms with Crippen LogP contribution in [0.4, 0.5) is 0 Å². The van der Waals surface area contributed by atoms with Gasteiger partial charge in [-0.05, 0) is 59.4 Å². The summed E-state index contributed by atoms with van der Waals surface area (Å²) < 4.78 is 5.80. The number of aliphatic hydroxyl groups is 1. The zero-order valence-electron chi connectivity index (χ0n) is 11.3. The standard InChI is InChI=1S/C14H20BrNO3/c1-9(17)11-3-4-16(8-11)7-10-5-12(15)14(18)13(6-10)19-2/h5-6,9,11,17-18H,3-4,7-8H2,1-2H3. The summed E-state index contributed by atoms with van der Waals surface area (Å²) in [5.41, 5.74) is 1.09. The zero-order chi connectivity index (χ0) is 14.0. The van der Waals surface area contributed by atoms with Gasteiger partial charge in [0.2, 0.25) is 0 Å². The topological polar surface area (TPSA) is 52.9 Å². The molecule has 1 fully saturated rings. The molecule has 0 amide bonds. The van der Waals surface area contributed by atoms with Crippen LogP contribution >= 0.6 is 15.9 Å². The maximum absolute atomic E-state index is 9.78. The number of benzene rings is 1. The molecule has 0 saturated carbocycles. The van der Waals surface area contributed by atoms with Gasteiger partial charge in [-0.25, -0.2) is 0 Å². The van der Waals surface area contributed by atoms with Crippen LogP contribution in [-0.4, -0.2) is 41.4 Å². The van der Waals surface area contributed by atoms with Crippen LogP contribution in [0.25, 0.3) is 0 Å². The van der Waals surface area contributed by atoms with Gasteiger partial charge in [0.05, 0.1) is 17.7 Å². The van der Waals surface area contributed by atoms with E-state index in [1.807, 2.05) is 19.1 Å². The van der Waals surface area contributed by atoms with Gasteiger partial charge in [0, 0.05) is 13.1 Å². The van der Waals surface area contributed by atoms with Gasteiger partial charge in [-0.2, -0.15) is 0 Å². The summed E-state index contributed by atoms with van der Waals surface area (Å²) in [6, 6.07) is 3.77. The summed E-state index contributed by atoms with van der Waals surface area (Å²) in [5, 5.41) is 19.4. The second kappa shape index (κ2) is 6.11. The van der Waals surface area contributed by atoms with Crippen LogP contribution in [0.5, 0.6) is 11.5 Å². The molecule has 5 heteroatoms. The molecule has 0 bridgehead atoms. The van der Waals surface area contributed by atoms with Gasteiger partial charge in [0.25, 0.3) is 0 Å². The number of likely N-dealkylation sites (tertiary alicyclic amines) is 1. The number of hydrogen-bond donors (Lipinski definition) is 2. The normalized spacial score (nSPS) is 21.6. The third kappa shape index (κ3) is 3.41. The van der Waals surface area contributed by atoms with Crippen molar-refractivity contribution >= 4 is 15.9 Å². The summed E-state index contributed by atoms with van der Waals surface area (Å²) in [4.78, 5) is 2.32. The van der Waals surface area contributed by atoms with Crippen molar-refractivity contribution in [3.8, 4) is 11.5 Å². The molecule has 2 rings (SSSR count).